The van der Waals surface area contributed by atoms with Gasteiger partial charge in [0.25, 0.3) is 0 Å². The summed E-state index contributed by atoms with van der Waals surface area (Å²) in [5, 5.41) is 0. The van der Waals surface area contributed by atoms with Crippen LogP contribution in [0.2, 0.25) is 0 Å². The molecule has 2 fully saturated rings. The molecule has 0 aromatic heterocycles. The Morgan fingerprint density at radius 2 is 1.23 bits per heavy atom. The lowest BCUT2D eigenvalue weighted by Crippen LogP contribution is -2.25. The summed E-state index contributed by atoms with van der Waals surface area (Å²) in [6.45, 7) is 4.53. The topological polar surface area (TPSA) is 0 Å². The molecule has 3 rings (SSSR count). The molecule has 0 aliphatic heterocycles. The van der Waals surface area contributed by atoms with E-state index in [0.29, 0.717) is 0 Å². The zero-order valence-corrected chi connectivity index (χ0v) is 17.5. The van der Waals surface area contributed by atoms with Crippen LogP contribution in [-0.4, -0.2) is 0 Å². The molecule has 0 spiro atoms. The van der Waals surface area contributed by atoms with E-state index in [4.69, 9.17) is 0 Å². The van der Waals surface area contributed by atoms with Gasteiger partial charge < -0.3 is 0 Å². The first-order valence-corrected chi connectivity index (χ1v) is 11.8. The largest absolute Gasteiger partial charge is 0.0654 e. The van der Waals surface area contributed by atoms with Gasteiger partial charge in [-0.25, -0.2) is 0 Å². The van der Waals surface area contributed by atoms with Crippen LogP contribution in [0.3, 0.4) is 0 Å². The molecule has 0 atom stereocenters. The van der Waals surface area contributed by atoms with Gasteiger partial charge >= 0.3 is 0 Å². The smallest absolute Gasteiger partial charge is 0.0279 e. The van der Waals surface area contributed by atoms with Gasteiger partial charge in [0.05, 0.1) is 0 Å². The van der Waals surface area contributed by atoms with Crippen LogP contribution in [0, 0.1) is 30.6 Å². The summed E-state index contributed by atoms with van der Waals surface area (Å²) >= 11 is 0. The van der Waals surface area contributed by atoms with Crippen molar-refractivity contribution in [2.24, 2.45) is 23.7 Å². The lowest BCUT2D eigenvalue weighted by atomic mass is 9.68. The van der Waals surface area contributed by atoms with Crippen LogP contribution in [-0.2, 0) is 6.42 Å². The SMILES string of the molecule is CCCC1CCC(C2CCC(CCCCc3ccc(C)cc3)CC2)CC1. The van der Waals surface area contributed by atoms with E-state index in [2.05, 4.69) is 38.1 Å². The molecule has 0 amide bonds. The standard InChI is InChI=1S/C26H42/c1-3-6-22-13-17-25(18-14-22)26-19-15-24(16-20-26)8-5-4-7-23-11-9-21(2)10-12-23/h9-12,22,24-26H,3-8,13-20H2,1-2H3. The first-order chi connectivity index (χ1) is 12.7. The fourth-order valence-electron chi connectivity index (χ4n) is 5.82. The molecule has 0 nitrogen and oxygen atoms in total. The van der Waals surface area contributed by atoms with E-state index in [1.165, 1.54) is 75.3 Å². The molecule has 26 heavy (non-hydrogen) atoms. The summed E-state index contributed by atoms with van der Waals surface area (Å²) in [5.74, 6) is 4.29. The second-order valence-corrected chi connectivity index (χ2v) is 9.58. The van der Waals surface area contributed by atoms with E-state index in [1.54, 1.807) is 25.7 Å². The summed E-state index contributed by atoms with van der Waals surface area (Å²) < 4.78 is 0. The van der Waals surface area contributed by atoms with Gasteiger partial charge in [-0.3, -0.25) is 0 Å². The van der Waals surface area contributed by atoms with Crippen LogP contribution in [0.4, 0.5) is 0 Å². The van der Waals surface area contributed by atoms with E-state index in [-0.39, 0.29) is 0 Å². The van der Waals surface area contributed by atoms with Crippen molar-refractivity contribution in [2.45, 2.75) is 104 Å². The Hall–Kier alpha value is -0.780. The van der Waals surface area contributed by atoms with E-state index < -0.39 is 0 Å². The number of hydrogen-bond donors (Lipinski definition) is 0. The lowest BCUT2D eigenvalue weighted by Gasteiger charge is -2.38. The Balaban J connectivity index is 1.27. The zero-order chi connectivity index (χ0) is 18.2. The molecular weight excluding hydrogens is 312 g/mol. The molecule has 0 unspecified atom stereocenters. The Bertz CT molecular complexity index is 483. The second-order valence-electron chi connectivity index (χ2n) is 9.58. The van der Waals surface area contributed by atoms with Crippen LogP contribution in [0.15, 0.2) is 24.3 Å². The van der Waals surface area contributed by atoms with Gasteiger partial charge in [-0.2, -0.15) is 0 Å². The highest BCUT2D eigenvalue weighted by molar-refractivity contribution is 5.21. The van der Waals surface area contributed by atoms with Crippen molar-refractivity contribution in [3.8, 4) is 0 Å². The van der Waals surface area contributed by atoms with Crippen molar-refractivity contribution in [3.63, 3.8) is 0 Å². The highest BCUT2D eigenvalue weighted by atomic mass is 14.4. The minimum Gasteiger partial charge on any atom is -0.0654 e. The summed E-state index contributed by atoms with van der Waals surface area (Å²) in [6, 6.07) is 9.14. The van der Waals surface area contributed by atoms with Crippen molar-refractivity contribution in [2.75, 3.05) is 0 Å². The van der Waals surface area contributed by atoms with Gasteiger partial charge in [0.2, 0.25) is 0 Å². The number of benzene rings is 1. The average molecular weight is 355 g/mol. The molecule has 0 saturated heterocycles. The third kappa shape index (κ3) is 6.14. The minimum atomic E-state index is 1.04. The second kappa shape index (κ2) is 10.5. The fourth-order valence-corrected chi connectivity index (χ4v) is 5.82. The monoisotopic (exact) mass is 354 g/mol. The van der Waals surface area contributed by atoms with Crippen molar-refractivity contribution in [1.82, 2.24) is 0 Å². The third-order valence-electron chi connectivity index (χ3n) is 7.59. The molecule has 146 valence electrons. The maximum atomic E-state index is 2.36. The van der Waals surface area contributed by atoms with Gasteiger partial charge in [0, 0.05) is 0 Å². The number of rotatable bonds is 8. The lowest BCUT2D eigenvalue weighted by molar-refractivity contribution is 0.140. The van der Waals surface area contributed by atoms with Crippen LogP contribution < -0.4 is 0 Å². The van der Waals surface area contributed by atoms with E-state index >= 15 is 0 Å². The first-order valence-electron chi connectivity index (χ1n) is 11.8. The molecule has 0 N–H and O–H groups in total. The van der Waals surface area contributed by atoms with E-state index in [0.717, 1.165) is 23.7 Å². The molecule has 0 heteroatoms. The first kappa shape index (κ1) is 20.0. The van der Waals surface area contributed by atoms with E-state index in [1.807, 2.05) is 0 Å². The maximum Gasteiger partial charge on any atom is -0.0279 e. The van der Waals surface area contributed by atoms with Gasteiger partial charge in [0.1, 0.15) is 0 Å². The van der Waals surface area contributed by atoms with Crippen LogP contribution in [0.25, 0.3) is 0 Å². The molecule has 2 aliphatic carbocycles. The highest BCUT2D eigenvalue weighted by Crippen LogP contribution is 2.43. The summed E-state index contributed by atoms with van der Waals surface area (Å²) in [7, 11) is 0. The molecule has 0 bridgehead atoms. The Kier molecular flexibility index (Phi) is 8.08. The van der Waals surface area contributed by atoms with Crippen molar-refractivity contribution >= 4 is 0 Å². The van der Waals surface area contributed by atoms with Gasteiger partial charge in [0.15, 0.2) is 0 Å². The molecular formula is C26H42. The van der Waals surface area contributed by atoms with Crippen molar-refractivity contribution < 1.29 is 0 Å². The predicted octanol–water partition coefficient (Wildman–Crippen LogP) is 8.12. The summed E-state index contributed by atoms with van der Waals surface area (Å²) in [6.07, 6.45) is 20.8. The quantitative estimate of drug-likeness (QED) is 0.413. The normalized spacial score (nSPS) is 29.6. The van der Waals surface area contributed by atoms with E-state index in [9.17, 15) is 0 Å². The number of hydrogen-bond acceptors (Lipinski definition) is 0. The Morgan fingerprint density at radius 1 is 0.692 bits per heavy atom. The molecule has 2 aliphatic rings. The Morgan fingerprint density at radius 3 is 1.77 bits per heavy atom. The summed E-state index contributed by atoms with van der Waals surface area (Å²) in [4.78, 5) is 0. The molecule has 1 aromatic carbocycles. The predicted molar refractivity (Wildman–Crippen MR) is 115 cm³/mol. The Labute approximate surface area is 163 Å². The maximum absolute atomic E-state index is 2.36. The van der Waals surface area contributed by atoms with Crippen molar-refractivity contribution in [3.05, 3.63) is 35.4 Å². The fraction of sp³-hybridized carbons (Fsp3) is 0.769. The van der Waals surface area contributed by atoms with Gasteiger partial charge in [-0.1, -0.05) is 88.1 Å². The van der Waals surface area contributed by atoms with Gasteiger partial charge in [-0.05, 0) is 74.7 Å². The molecule has 1 aromatic rings. The highest BCUT2D eigenvalue weighted by Gasteiger charge is 2.30. The average Bonchev–Trinajstić information content (AvgIpc) is 2.68. The number of unbranched alkanes of at least 4 members (excludes halogenated alkanes) is 1. The number of aryl methyl sites for hydroxylation is 2. The molecule has 2 saturated carbocycles. The molecule has 0 radical (unpaired) electrons. The van der Waals surface area contributed by atoms with Crippen LogP contribution in [0.5, 0.6) is 0 Å². The molecule has 0 heterocycles. The zero-order valence-electron chi connectivity index (χ0n) is 17.5. The summed E-state index contributed by atoms with van der Waals surface area (Å²) in [5.41, 5.74) is 2.90. The van der Waals surface area contributed by atoms with Gasteiger partial charge in [-0.15, -0.1) is 0 Å². The van der Waals surface area contributed by atoms with Crippen LogP contribution in [0.1, 0.15) is 102 Å². The van der Waals surface area contributed by atoms with Crippen molar-refractivity contribution in [1.29, 1.82) is 0 Å². The minimum absolute atomic E-state index is 1.04. The van der Waals surface area contributed by atoms with Crippen LogP contribution >= 0.6 is 0 Å². The third-order valence-corrected chi connectivity index (χ3v) is 7.59.